The minimum Gasteiger partial charge on any atom is -0.491 e. The number of nitro groups is 1. The first-order valence-electron chi connectivity index (χ1n) is 7.15. The molecule has 0 heterocycles. The van der Waals surface area contributed by atoms with E-state index in [1.807, 2.05) is 0 Å². The van der Waals surface area contributed by atoms with Gasteiger partial charge in [-0.15, -0.1) is 0 Å². The maximum atomic E-state index is 13.0. The molecule has 0 aliphatic heterocycles. The highest BCUT2D eigenvalue weighted by atomic mass is 19.2. The Balaban J connectivity index is 1.71. The fourth-order valence-corrected chi connectivity index (χ4v) is 1.94. The minimum absolute atomic E-state index is 0.0127. The van der Waals surface area contributed by atoms with E-state index in [1.165, 1.54) is 18.2 Å². The number of aliphatic hydroxyl groups is 1. The third-order valence-electron chi connectivity index (χ3n) is 3.19. The molecule has 24 heavy (non-hydrogen) atoms. The third kappa shape index (κ3) is 5.25. The molecule has 2 rings (SSSR count). The van der Waals surface area contributed by atoms with Crippen molar-refractivity contribution in [3.8, 4) is 5.75 Å². The monoisotopic (exact) mass is 338 g/mol. The van der Waals surface area contributed by atoms with Crippen molar-refractivity contribution in [2.45, 2.75) is 12.6 Å². The van der Waals surface area contributed by atoms with Crippen LogP contribution in [0.1, 0.15) is 5.56 Å². The molecule has 0 aliphatic rings. The van der Waals surface area contributed by atoms with Crippen LogP contribution in [0.5, 0.6) is 5.75 Å². The van der Waals surface area contributed by atoms with Gasteiger partial charge in [0.15, 0.2) is 11.6 Å². The van der Waals surface area contributed by atoms with Crippen molar-refractivity contribution in [1.29, 1.82) is 0 Å². The van der Waals surface area contributed by atoms with Crippen LogP contribution in [0, 0.1) is 21.7 Å². The first-order valence-corrected chi connectivity index (χ1v) is 7.15. The third-order valence-corrected chi connectivity index (χ3v) is 3.19. The van der Waals surface area contributed by atoms with Crippen LogP contribution in [0.15, 0.2) is 42.5 Å². The number of halogens is 2. The van der Waals surface area contributed by atoms with Crippen LogP contribution in [0.25, 0.3) is 0 Å². The van der Waals surface area contributed by atoms with Gasteiger partial charge in [-0.1, -0.05) is 12.1 Å². The number of ether oxygens (including phenoxy) is 1. The predicted molar refractivity (Wildman–Crippen MR) is 82.7 cm³/mol. The molecule has 128 valence electrons. The molecule has 0 bridgehead atoms. The first kappa shape index (κ1) is 17.8. The maximum Gasteiger partial charge on any atom is 0.269 e. The molecule has 0 spiro atoms. The summed E-state index contributed by atoms with van der Waals surface area (Å²) < 4.78 is 30.9. The van der Waals surface area contributed by atoms with E-state index >= 15 is 0 Å². The van der Waals surface area contributed by atoms with E-state index in [4.69, 9.17) is 4.74 Å². The standard InChI is InChI=1S/C16H16F2N2O4/c17-15-6-5-14(7-16(15)18)24-10-13(21)9-19-8-11-1-3-12(4-2-11)20(22)23/h1-7,13,19,21H,8-10H2. The molecule has 1 atom stereocenters. The Bertz CT molecular complexity index is 695. The van der Waals surface area contributed by atoms with E-state index in [0.717, 1.165) is 17.7 Å². The Morgan fingerprint density at radius 1 is 1.17 bits per heavy atom. The fraction of sp³-hybridized carbons (Fsp3) is 0.250. The van der Waals surface area contributed by atoms with E-state index in [-0.39, 0.29) is 24.6 Å². The van der Waals surface area contributed by atoms with Crippen molar-refractivity contribution in [2.24, 2.45) is 0 Å². The van der Waals surface area contributed by atoms with Gasteiger partial charge in [-0.25, -0.2) is 8.78 Å². The largest absolute Gasteiger partial charge is 0.491 e. The Labute approximate surface area is 136 Å². The molecule has 2 aromatic carbocycles. The van der Waals surface area contributed by atoms with Gasteiger partial charge < -0.3 is 15.2 Å². The van der Waals surface area contributed by atoms with Gasteiger partial charge in [-0.3, -0.25) is 10.1 Å². The lowest BCUT2D eigenvalue weighted by atomic mass is 10.2. The number of aliphatic hydroxyl groups excluding tert-OH is 1. The van der Waals surface area contributed by atoms with E-state index in [1.54, 1.807) is 12.1 Å². The molecule has 0 aromatic heterocycles. The Kier molecular flexibility index (Phi) is 6.16. The van der Waals surface area contributed by atoms with Gasteiger partial charge in [-0.2, -0.15) is 0 Å². The molecular weight excluding hydrogens is 322 g/mol. The second-order valence-corrected chi connectivity index (χ2v) is 5.10. The SMILES string of the molecule is O=[N+]([O-])c1ccc(CNCC(O)COc2ccc(F)c(F)c2)cc1. The van der Waals surface area contributed by atoms with Gasteiger partial charge in [0.25, 0.3) is 5.69 Å². The zero-order valence-corrected chi connectivity index (χ0v) is 12.6. The van der Waals surface area contributed by atoms with Crippen molar-refractivity contribution >= 4 is 5.69 Å². The summed E-state index contributed by atoms with van der Waals surface area (Å²) in [6, 6.07) is 9.18. The molecule has 0 saturated carbocycles. The first-order chi connectivity index (χ1) is 11.5. The summed E-state index contributed by atoms with van der Waals surface area (Å²) in [7, 11) is 0. The lowest BCUT2D eigenvalue weighted by Crippen LogP contribution is -2.31. The molecule has 0 radical (unpaired) electrons. The summed E-state index contributed by atoms with van der Waals surface area (Å²) in [5.41, 5.74) is 0.841. The summed E-state index contributed by atoms with van der Waals surface area (Å²) in [5.74, 6) is -1.85. The van der Waals surface area contributed by atoms with E-state index in [0.29, 0.717) is 6.54 Å². The average molecular weight is 338 g/mol. The highest BCUT2D eigenvalue weighted by Crippen LogP contribution is 2.15. The summed E-state index contributed by atoms with van der Waals surface area (Å²) >= 11 is 0. The average Bonchev–Trinajstić information content (AvgIpc) is 2.56. The number of rotatable bonds is 8. The van der Waals surface area contributed by atoms with Crippen LogP contribution >= 0.6 is 0 Å². The number of nitrogens with zero attached hydrogens (tertiary/aromatic N) is 1. The fourth-order valence-electron chi connectivity index (χ4n) is 1.94. The van der Waals surface area contributed by atoms with E-state index < -0.39 is 22.7 Å². The van der Waals surface area contributed by atoms with Crippen LogP contribution in [0.2, 0.25) is 0 Å². The summed E-state index contributed by atoms with van der Waals surface area (Å²) in [6.07, 6.45) is -0.851. The quantitative estimate of drug-likeness (QED) is 0.570. The van der Waals surface area contributed by atoms with Gasteiger partial charge >= 0.3 is 0 Å². The number of non-ortho nitro benzene ring substituents is 1. The number of nitro benzene ring substituents is 1. The molecule has 1 unspecified atom stereocenters. The lowest BCUT2D eigenvalue weighted by molar-refractivity contribution is -0.384. The normalized spacial score (nSPS) is 12.0. The van der Waals surface area contributed by atoms with Crippen LogP contribution in [0.4, 0.5) is 14.5 Å². The number of hydrogen-bond acceptors (Lipinski definition) is 5. The molecule has 0 amide bonds. The summed E-state index contributed by atoms with van der Waals surface area (Å²) in [6.45, 7) is 0.541. The highest BCUT2D eigenvalue weighted by Gasteiger charge is 2.08. The van der Waals surface area contributed by atoms with E-state index in [2.05, 4.69) is 5.32 Å². The molecule has 6 nitrogen and oxygen atoms in total. The second kappa shape index (κ2) is 8.32. The molecule has 2 N–H and O–H groups in total. The van der Waals surface area contributed by atoms with Crippen LogP contribution in [-0.4, -0.2) is 29.3 Å². The Morgan fingerprint density at radius 3 is 2.50 bits per heavy atom. The van der Waals surface area contributed by atoms with Crippen molar-refractivity contribution < 1.29 is 23.5 Å². The van der Waals surface area contributed by atoms with Crippen LogP contribution in [-0.2, 0) is 6.54 Å². The van der Waals surface area contributed by atoms with Gasteiger partial charge in [0.05, 0.1) is 4.92 Å². The molecule has 0 aliphatic carbocycles. The second-order valence-electron chi connectivity index (χ2n) is 5.10. The molecule has 0 fully saturated rings. The van der Waals surface area contributed by atoms with E-state index in [9.17, 15) is 24.0 Å². The highest BCUT2D eigenvalue weighted by molar-refractivity contribution is 5.32. The summed E-state index contributed by atoms with van der Waals surface area (Å²) in [4.78, 5) is 10.1. The van der Waals surface area contributed by atoms with Crippen LogP contribution < -0.4 is 10.1 Å². The molecule has 2 aromatic rings. The van der Waals surface area contributed by atoms with Gasteiger partial charge in [0.2, 0.25) is 0 Å². The van der Waals surface area contributed by atoms with Gasteiger partial charge in [-0.05, 0) is 17.7 Å². The topological polar surface area (TPSA) is 84.6 Å². The van der Waals surface area contributed by atoms with Crippen molar-refractivity contribution in [3.63, 3.8) is 0 Å². The number of hydrogen-bond donors (Lipinski definition) is 2. The molecular formula is C16H16F2N2O4. The molecule has 0 saturated heterocycles. The van der Waals surface area contributed by atoms with Gasteiger partial charge in [0.1, 0.15) is 18.5 Å². The Morgan fingerprint density at radius 2 is 1.88 bits per heavy atom. The summed E-state index contributed by atoms with van der Waals surface area (Å²) in [5, 5.41) is 23.3. The van der Waals surface area contributed by atoms with Crippen molar-refractivity contribution in [3.05, 3.63) is 69.8 Å². The zero-order chi connectivity index (χ0) is 17.5. The van der Waals surface area contributed by atoms with Crippen molar-refractivity contribution in [1.82, 2.24) is 5.32 Å². The smallest absolute Gasteiger partial charge is 0.269 e. The molecule has 8 heteroatoms. The lowest BCUT2D eigenvalue weighted by Gasteiger charge is -2.13. The van der Waals surface area contributed by atoms with Crippen LogP contribution in [0.3, 0.4) is 0 Å². The van der Waals surface area contributed by atoms with Crippen molar-refractivity contribution in [2.75, 3.05) is 13.2 Å². The maximum absolute atomic E-state index is 13.0. The number of benzene rings is 2. The van der Waals surface area contributed by atoms with Gasteiger partial charge in [0, 0.05) is 31.3 Å². The zero-order valence-electron chi connectivity index (χ0n) is 12.6. The Hall–Kier alpha value is -2.58. The minimum atomic E-state index is -1.02. The number of nitrogens with one attached hydrogen (secondary N) is 1. The predicted octanol–water partition coefficient (Wildman–Crippen LogP) is 2.40.